The lowest BCUT2D eigenvalue weighted by Crippen LogP contribution is -2.16. The quantitative estimate of drug-likeness (QED) is 0.785. The molecule has 21 heavy (non-hydrogen) atoms. The normalized spacial score (nSPS) is 20.9. The molecule has 2 aliphatic rings. The highest BCUT2D eigenvalue weighted by Crippen LogP contribution is 2.40. The van der Waals surface area contributed by atoms with Crippen LogP contribution >= 0.6 is 11.6 Å². The number of halogens is 1. The summed E-state index contributed by atoms with van der Waals surface area (Å²) in [6, 6.07) is 10.2. The van der Waals surface area contributed by atoms with Gasteiger partial charge in [0.2, 0.25) is 5.88 Å². The van der Waals surface area contributed by atoms with E-state index in [0.29, 0.717) is 17.0 Å². The second-order valence-corrected chi connectivity index (χ2v) is 6.25. The summed E-state index contributed by atoms with van der Waals surface area (Å²) >= 11 is 6.11. The monoisotopic (exact) mass is 300 g/mol. The maximum atomic E-state index is 6.15. The molecule has 0 N–H and O–H groups in total. The Kier molecular flexibility index (Phi) is 3.30. The van der Waals surface area contributed by atoms with E-state index in [1.54, 1.807) is 6.07 Å². The second-order valence-electron chi connectivity index (χ2n) is 5.86. The minimum absolute atomic E-state index is 0.0768. The average Bonchev–Trinajstić information content (AvgIpc) is 3.32. The zero-order valence-corrected chi connectivity index (χ0v) is 12.5. The zero-order valence-electron chi connectivity index (χ0n) is 11.8. The highest BCUT2D eigenvalue weighted by atomic mass is 35.5. The molecule has 1 atom stereocenters. The van der Waals surface area contributed by atoms with Gasteiger partial charge in [-0.2, -0.15) is 4.98 Å². The molecular formula is C17H17ClN2O. The molecule has 0 spiro atoms. The van der Waals surface area contributed by atoms with Crippen molar-refractivity contribution < 1.29 is 4.74 Å². The van der Waals surface area contributed by atoms with Gasteiger partial charge in [-0.3, -0.25) is 0 Å². The third-order valence-corrected chi connectivity index (χ3v) is 4.40. The Labute approximate surface area is 129 Å². The molecule has 1 unspecified atom stereocenters. The number of hydrogen-bond acceptors (Lipinski definition) is 3. The lowest BCUT2D eigenvalue weighted by Gasteiger charge is -2.25. The van der Waals surface area contributed by atoms with E-state index >= 15 is 0 Å². The van der Waals surface area contributed by atoms with E-state index in [-0.39, 0.29) is 6.10 Å². The van der Waals surface area contributed by atoms with Crippen LogP contribution in [0, 0.1) is 0 Å². The lowest BCUT2D eigenvalue weighted by atomic mass is 9.89. The molecule has 1 aromatic heterocycles. The van der Waals surface area contributed by atoms with E-state index in [0.717, 1.165) is 37.9 Å². The van der Waals surface area contributed by atoms with Crippen LogP contribution in [0.15, 0.2) is 30.3 Å². The van der Waals surface area contributed by atoms with Crippen LogP contribution < -0.4 is 4.74 Å². The van der Waals surface area contributed by atoms with Gasteiger partial charge in [0.25, 0.3) is 0 Å². The summed E-state index contributed by atoms with van der Waals surface area (Å²) in [6.45, 7) is 0. The van der Waals surface area contributed by atoms with Crippen molar-refractivity contribution in [3.05, 3.63) is 52.4 Å². The summed E-state index contributed by atoms with van der Waals surface area (Å²) in [5.74, 6) is 1.92. The number of rotatable bonds is 3. The fourth-order valence-electron chi connectivity index (χ4n) is 2.98. The molecule has 108 valence electrons. The van der Waals surface area contributed by atoms with E-state index in [9.17, 15) is 0 Å². The maximum absolute atomic E-state index is 6.15. The Morgan fingerprint density at radius 1 is 1.10 bits per heavy atom. The van der Waals surface area contributed by atoms with Gasteiger partial charge in [0, 0.05) is 12.0 Å². The van der Waals surface area contributed by atoms with Crippen molar-refractivity contribution in [2.45, 2.75) is 44.1 Å². The van der Waals surface area contributed by atoms with Crippen molar-refractivity contribution in [1.29, 1.82) is 0 Å². The number of ether oxygens (including phenoxy) is 1. The van der Waals surface area contributed by atoms with Crippen LogP contribution in [0.2, 0.25) is 5.15 Å². The number of nitrogens with zero attached hydrogens (tertiary/aromatic N) is 2. The average molecular weight is 301 g/mol. The molecule has 1 fully saturated rings. The third-order valence-electron chi connectivity index (χ3n) is 4.21. The van der Waals surface area contributed by atoms with Crippen LogP contribution in [0.1, 0.15) is 54.7 Å². The molecule has 4 heteroatoms. The minimum atomic E-state index is 0.0768. The standard InChI is InChI=1S/C17H17ClN2O/c18-15-10-16(20-17(19-15)12-8-9-12)21-14-7-3-5-11-4-1-2-6-13(11)14/h1-2,4,6,10,12,14H,3,5,7-9H2. The number of hydrogen-bond donors (Lipinski definition) is 0. The van der Waals surface area contributed by atoms with Gasteiger partial charge < -0.3 is 4.74 Å². The summed E-state index contributed by atoms with van der Waals surface area (Å²) in [7, 11) is 0. The zero-order chi connectivity index (χ0) is 14.2. The van der Waals surface area contributed by atoms with Crippen LogP contribution in [0.4, 0.5) is 0 Å². The Morgan fingerprint density at radius 3 is 2.81 bits per heavy atom. The third kappa shape index (κ3) is 2.75. The fraction of sp³-hybridized carbons (Fsp3) is 0.412. The van der Waals surface area contributed by atoms with Crippen molar-refractivity contribution in [3.63, 3.8) is 0 Å². The molecule has 0 radical (unpaired) electrons. The Bertz CT molecular complexity index is 670. The van der Waals surface area contributed by atoms with Crippen LogP contribution in [-0.4, -0.2) is 9.97 Å². The molecule has 0 aliphatic heterocycles. The molecule has 2 aliphatic carbocycles. The van der Waals surface area contributed by atoms with Gasteiger partial charge in [-0.1, -0.05) is 35.9 Å². The first-order valence-electron chi connectivity index (χ1n) is 7.58. The first-order chi connectivity index (χ1) is 10.3. The molecule has 1 aromatic carbocycles. The number of aryl methyl sites for hydroxylation is 1. The van der Waals surface area contributed by atoms with E-state index in [1.165, 1.54) is 11.1 Å². The summed E-state index contributed by atoms with van der Waals surface area (Å²) in [6.07, 6.45) is 5.70. The predicted octanol–water partition coefficient (Wildman–Crippen LogP) is 4.46. The topological polar surface area (TPSA) is 35.0 Å². The van der Waals surface area contributed by atoms with Gasteiger partial charge in [0.1, 0.15) is 17.1 Å². The van der Waals surface area contributed by atoms with Crippen molar-refractivity contribution in [2.75, 3.05) is 0 Å². The SMILES string of the molecule is Clc1cc(OC2CCCc3ccccc32)nc(C2CC2)n1. The van der Waals surface area contributed by atoms with Crippen LogP contribution in [-0.2, 0) is 6.42 Å². The van der Waals surface area contributed by atoms with Gasteiger partial charge in [-0.05, 0) is 43.2 Å². The molecule has 0 bridgehead atoms. The number of aromatic nitrogens is 2. The highest BCUT2D eigenvalue weighted by Gasteiger charge is 2.28. The fourth-order valence-corrected chi connectivity index (χ4v) is 3.16. The first kappa shape index (κ1) is 13.1. The number of fused-ring (bicyclic) bond motifs is 1. The smallest absolute Gasteiger partial charge is 0.218 e. The Hall–Kier alpha value is -1.61. The number of benzene rings is 1. The molecule has 1 heterocycles. The molecule has 2 aromatic rings. The molecule has 4 rings (SSSR count). The summed E-state index contributed by atoms with van der Waals surface area (Å²) < 4.78 is 6.15. The van der Waals surface area contributed by atoms with E-state index in [4.69, 9.17) is 16.3 Å². The molecule has 3 nitrogen and oxygen atoms in total. The van der Waals surface area contributed by atoms with E-state index in [1.807, 2.05) is 0 Å². The van der Waals surface area contributed by atoms with Gasteiger partial charge in [0.15, 0.2) is 0 Å². The predicted molar refractivity (Wildman–Crippen MR) is 81.8 cm³/mol. The summed E-state index contributed by atoms with van der Waals surface area (Å²) in [4.78, 5) is 8.85. The van der Waals surface area contributed by atoms with Gasteiger partial charge >= 0.3 is 0 Å². The molecule has 1 saturated carbocycles. The molecule has 0 saturated heterocycles. The van der Waals surface area contributed by atoms with Crippen LogP contribution in [0.3, 0.4) is 0 Å². The maximum Gasteiger partial charge on any atom is 0.218 e. The first-order valence-corrected chi connectivity index (χ1v) is 7.96. The Morgan fingerprint density at radius 2 is 1.95 bits per heavy atom. The highest BCUT2D eigenvalue weighted by molar-refractivity contribution is 6.29. The second kappa shape index (κ2) is 5.30. The lowest BCUT2D eigenvalue weighted by molar-refractivity contribution is 0.175. The van der Waals surface area contributed by atoms with Gasteiger partial charge in [-0.15, -0.1) is 0 Å². The van der Waals surface area contributed by atoms with Crippen molar-refractivity contribution in [3.8, 4) is 5.88 Å². The van der Waals surface area contributed by atoms with Gasteiger partial charge in [-0.25, -0.2) is 4.98 Å². The minimum Gasteiger partial charge on any atom is -0.469 e. The van der Waals surface area contributed by atoms with Crippen molar-refractivity contribution in [2.24, 2.45) is 0 Å². The summed E-state index contributed by atoms with van der Waals surface area (Å²) in [5.41, 5.74) is 2.67. The molecule has 0 amide bonds. The van der Waals surface area contributed by atoms with E-state index < -0.39 is 0 Å². The summed E-state index contributed by atoms with van der Waals surface area (Å²) in [5, 5.41) is 0.478. The molecular weight excluding hydrogens is 284 g/mol. The van der Waals surface area contributed by atoms with Crippen LogP contribution in [0.5, 0.6) is 5.88 Å². The van der Waals surface area contributed by atoms with Crippen molar-refractivity contribution >= 4 is 11.6 Å². The van der Waals surface area contributed by atoms with Crippen molar-refractivity contribution in [1.82, 2.24) is 9.97 Å². The van der Waals surface area contributed by atoms with Gasteiger partial charge in [0.05, 0.1) is 0 Å². The van der Waals surface area contributed by atoms with Crippen LogP contribution in [0.25, 0.3) is 0 Å². The largest absolute Gasteiger partial charge is 0.469 e. The Balaban J connectivity index is 1.62. The van der Waals surface area contributed by atoms with E-state index in [2.05, 4.69) is 34.2 Å².